The van der Waals surface area contributed by atoms with Crippen LogP contribution < -0.4 is 5.32 Å². The Kier molecular flexibility index (Phi) is 4.09. The Bertz CT molecular complexity index is 920. The molecule has 1 aliphatic heterocycles. The topological polar surface area (TPSA) is 71.0 Å². The molecule has 3 aromatic heterocycles. The van der Waals surface area contributed by atoms with Gasteiger partial charge in [-0.1, -0.05) is 6.07 Å². The molecule has 1 amide bonds. The summed E-state index contributed by atoms with van der Waals surface area (Å²) in [4.78, 5) is 29.2. The third-order valence-electron chi connectivity index (χ3n) is 4.32. The summed E-state index contributed by atoms with van der Waals surface area (Å²) < 4.78 is 0.866. The average molecular weight is 353 g/mol. The summed E-state index contributed by atoms with van der Waals surface area (Å²) in [7, 11) is 0. The smallest absolute Gasteiger partial charge is 0.274 e. The van der Waals surface area contributed by atoms with Gasteiger partial charge in [0.25, 0.3) is 5.91 Å². The standard InChI is InChI=1S/C18H19N5OS/c1-11-10-14-16(25-11)15(17(24)23-8-5-9-23)22-18(21-14)20-12(2)13-6-3-4-7-19-13/h3-4,6-7,10,12H,5,8-9H2,1-2H3,(H,20,21,22)/t12-/m0/s1. The van der Waals surface area contributed by atoms with Crippen LogP contribution in [-0.4, -0.2) is 38.8 Å². The summed E-state index contributed by atoms with van der Waals surface area (Å²) in [6.07, 6.45) is 2.82. The lowest BCUT2D eigenvalue weighted by Crippen LogP contribution is -2.42. The number of carbonyl (C=O) groups excluding carboxylic acids is 1. The van der Waals surface area contributed by atoms with Gasteiger partial charge in [0.15, 0.2) is 5.69 Å². The number of aromatic nitrogens is 3. The van der Waals surface area contributed by atoms with Crippen molar-refractivity contribution in [3.63, 3.8) is 0 Å². The van der Waals surface area contributed by atoms with Crippen molar-refractivity contribution in [1.29, 1.82) is 0 Å². The third-order valence-corrected chi connectivity index (χ3v) is 5.36. The molecule has 4 heterocycles. The predicted molar refractivity (Wildman–Crippen MR) is 98.9 cm³/mol. The summed E-state index contributed by atoms with van der Waals surface area (Å²) in [6, 6.07) is 7.75. The number of nitrogens with zero attached hydrogens (tertiary/aromatic N) is 4. The first-order chi connectivity index (χ1) is 12.1. The molecule has 25 heavy (non-hydrogen) atoms. The van der Waals surface area contributed by atoms with E-state index < -0.39 is 0 Å². The maximum atomic E-state index is 12.8. The molecule has 1 atom stereocenters. The van der Waals surface area contributed by atoms with Crippen molar-refractivity contribution in [3.05, 3.63) is 46.7 Å². The molecule has 1 saturated heterocycles. The predicted octanol–water partition coefficient (Wildman–Crippen LogP) is 3.41. The largest absolute Gasteiger partial charge is 0.346 e. The van der Waals surface area contributed by atoms with Gasteiger partial charge in [0.1, 0.15) is 0 Å². The van der Waals surface area contributed by atoms with Gasteiger partial charge in [-0.2, -0.15) is 0 Å². The van der Waals surface area contributed by atoms with Gasteiger partial charge in [-0.15, -0.1) is 11.3 Å². The Balaban J connectivity index is 1.70. The summed E-state index contributed by atoms with van der Waals surface area (Å²) >= 11 is 1.57. The average Bonchev–Trinajstić information content (AvgIpc) is 2.93. The van der Waals surface area contributed by atoms with Crippen LogP contribution in [0, 0.1) is 6.92 Å². The van der Waals surface area contributed by atoms with Gasteiger partial charge in [0, 0.05) is 24.2 Å². The van der Waals surface area contributed by atoms with Crippen molar-refractivity contribution in [2.45, 2.75) is 26.3 Å². The zero-order chi connectivity index (χ0) is 17.4. The second-order valence-corrected chi connectivity index (χ2v) is 7.49. The van der Waals surface area contributed by atoms with Crippen molar-refractivity contribution in [2.24, 2.45) is 0 Å². The molecule has 4 rings (SSSR count). The Hall–Kier alpha value is -2.54. The molecule has 1 aliphatic rings. The molecule has 0 unspecified atom stereocenters. The number of pyridine rings is 1. The van der Waals surface area contributed by atoms with Gasteiger partial charge in [-0.25, -0.2) is 9.97 Å². The minimum absolute atomic E-state index is 0.00552. The van der Waals surface area contributed by atoms with Crippen molar-refractivity contribution >= 4 is 33.4 Å². The Labute approximate surface area is 149 Å². The van der Waals surface area contributed by atoms with E-state index in [-0.39, 0.29) is 11.9 Å². The summed E-state index contributed by atoms with van der Waals surface area (Å²) in [6.45, 7) is 5.64. The number of anilines is 1. The fraction of sp³-hybridized carbons (Fsp3) is 0.333. The molecular formula is C18H19N5OS. The van der Waals surface area contributed by atoms with Gasteiger partial charge in [0.2, 0.25) is 5.95 Å². The number of hydrogen-bond donors (Lipinski definition) is 1. The molecular weight excluding hydrogens is 334 g/mol. The van der Waals surface area contributed by atoms with Crippen LogP contribution in [-0.2, 0) is 0 Å². The molecule has 6 nitrogen and oxygen atoms in total. The lowest BCUT2D eigenvalue weighted by Gasteiger charge is -2.30. The lowest BCUT2D eigenvalue weighted by atomic mass is 10.2. The number of rotatable bonds is 4. The van der Waals surface area contributed by atoms with E-state index in [1.165, 1.54) is 0 Å². The van der Waals surface area contributed by atoms with Crippen LogP contribution in [0.25, 0.3) is 10.2 Å². The van der Waals surface area contributed by atoms with Crippen molar-refractivity contribution in [2.75, 3.05) is 18.4 Å². The maximum Gasteiger partial charge on any atom is 0.274 e. The summed E-state index contributed by atoms with van der Waals surface area (Å²) in [5, 5.41) is 3.28. The molecule has 0 saturated carbocycles. The molecule has 3 aromatic rings. The van der Waals surface area contributed by atoms with Crippen molar-refractivity contribution in [3.8, 4) is 0 Å². The molecule has 0 aliphatic carbocycles. The minimum Gasteiger partial charge on any atom is -0.346 e. The quantitative estimate of drug-likeness (QED) is 0.778. The first-order valence-electron chi connectivity index (χ1n) is 8.37. The molecule has 0 aromatic carbocycles. The SMILES string of the molecule is Cc1cc2nc(N[C@@H](C)c3ccccn3)nc(C(=O)N3CCC3)c2s1. The van der Waals surface area contributed by atoms with E-state index in [9.17, 15) is 4.79 Å². The van der Waals surface area contributed by atoms with Crippen LogP contribution in [0.15, 0.2) is 30.5 Å². The summed E-state index contributed by atoms with van der Waals surface area (Å²) in [5.41, 5.74) is 2.22. The third kappa shape index (κ3) is 3.07. The van der Waals surface area contributed by atoms with Gasteiger partial charge in [0.05, 0.1) is 22.0 Å². The zero-order valence-corrected chi connectivity index (χ0v) is 15.0. The highest BCUT2D eigenvalue weighted by Crippen LogP contribution is 2.29. The number of nitrogens with one attached hydrogen (secondary N) is 1. The van der Waals surface area contributed by atoms with E-state index in [4.69, 9.17) is 0 Å². The highest BCUT2D eigenvalue weighted by atomic mass is 32.1. The van der Waals surface area contributed by atoms with Crippen LogP contribution in [0.1, 0.15) is 40.4 Å². The van der Waals surface area contributed by atoms with E-state index in [1.807, 2.05) is 43.0 Å². The molecule has 1 N–H and O–H groups in total. The van der Waals surface area contributed by atoms with Crippen LogP contribution >= 0.6 is 11.3 Å². The molecule has 7 heteroatoms. The van der Waals surface area contributed by atoms with Gasteiger partial charge >= 0.3 is 0 Å². The Morgan fingerprint density at radius 2 is 2.16 bits per heavy atom. The number of likely N-dealkylation sites (tertiary alicyclic amines) is 1. The monoisotopic (exact) mass is 353 g/mol. The highest BCUT2D eigenvalue weighted by molar-refractivity contribution is 7.19. The fourth-order valence-corrected chi connectivity index (χ4v) is 3.76. The van der Waals surface area contributed by atoms with E-state index in [1.54, 1.807) is 17.5 Å². The number of thiophene rings is 1. The van der Waals surface area contributed by atoms with Crippen molar-refractivity contribution < 1.29 is 4.79 Å². The number of aryl methyl sites for hydroxylation is 1. The Morgan fingerprint density at radius 1 is 1.32 bits per heavy atom. The van der Waals surface area contributed by atoms with E-state index in [0.717, 1.165) is 40.3 Å². The second-order valence-electron chi connectivity index (χ2n) is 6.23. The van der Waals surface area contributed by atoms with E-state index in [2.05, 4.69) is 20.3 Å². The number of fused-ring (bicyclic) bond motifs is 1. The van der Waals surface area contributed by atoms with E-state index >= 15 is 0 Å². The minimum atomic E-state index is -0.0506. The highest BCUT2D eigenvalue weighted by Gasteiger charge is 2.26. The lowest BCUT2D eigenvalue weighted by molar-refractivity contribution is 0.0648. The Morgan fingerprint density at radius 3 is 2.84 bits per heavy atom. The van der Waals surface area contributed by atoms with Crippen LogP contribution in [0.2, 0.25) is 0 Å². The summed E-state index contributed by atoms with van der Waals surface area (Å²) in [5.74, 6) is 0.460. The molecule has 1 fully saturated rings. The molecule has 0 bridgehead atoms. The fourth-order valence-electron chi connectivity index (χ4n) is 2.83. The maximum absolute atomic E-state index is 12.8. The normalized spacial score (nSPS) is 15.0. The van der Waals surface area contributed by atoms with Gasteiger partial charge in [-0.3, -0.25) is 9.78 Å². The zero-order valence-electron chi connectivity index (χ0n) is 14.2. The number of carbonyl (C=O) groups is 1. The van der Waals surface area contributed by atoms with Crippen LogP contribution in [0.3, 0.4) is 0 Å². The first-order valence-corrected chi connectivity index (χ1v) is 9.18. The van der Waals surface area contributed by atoms with Gasteiger partial charge in [-0.05, 0) is 38.5 Å². The van der Waals surface area contributed by atoms with Crippen LogP contribution in [0.4, 0.5) is 5.95 Å². The van der Waals surface area contributed by atoms with Crippen molar-refractivity contribution in [1.82, 2.24) is 19.9 Å². The molecule has 128 valence electrons. The first kappa shape index (κ1) is 16.0. The van der Waals surface area contributed by atoms with Gasteiger partial charge < -0.3 is 10.2 Å². The molecule has 0 spiro atoms. The van der Waals surface area contributed by atoms with Crippen LogP contribution in [0.5, 0.6) is 0 Å². The second kappa shape index (κ2) is 6.40. The number of amides is 1. The number of hydrogen-bond acceptors (Lipinski definition) is 6. The van der Waals surface area contributed by atoms with E-state index in [0.29, 0.717) is 11.6 Å². The molecule has 0 radical (unpaired) electrons.